The molecule has 0 aliphatic carbocycles. The molecule has 5 rings (SSSR count). The van der Waals surface area contributed by atoms with Gasteiger partial charge in [-0.15, -0.1) is 0 Å². The van der Waals surface area contributed by atoms with Crippen LogP contribution in [0.15, 0.2) is 54.9 Å². The fourth-order valence-corrected chi connectivity index (χ4v) is 4.51. The van der Waals surface area contributed by atoms with Crippen LogP contribution in [0.3, 0.4) is 0 Å². The molecule has 4 heterocycles. The highest BCUT2D eigenvalue weighted by molar-refractivity contribution is 7.22. The summed E-state index contributed by atoms with van der Waals surface area (Å²) in [6.45, 7) is 2.38. The van der Waals surface area contributed by atoms with Crippen molar-refractivity contribution in [3.63, 3.8) is 0 Å². The Balaban J connectivity index is 1.40. The van der Waals surface area contributed by atoms with Crippen molar-refractivity contribution in [2.45, 2.75) is 6.18 Å². The molecule has 1 aromatic carbocycles. The first kappa shape index (κ1) is 19.7. The van der Waals surface area contributed by atoms with Gasteiger partial charge in [-0.1, -0.05) is 23.5 Å². The summed E-state index contributed by atoms with van der Waals surface area (Å²) in [6.07, 6.45) is -1.53. The van der Waals surface area contributed by atoms with E-state index in [9.17, 15) is 13.2 Å². The fourth-order valence-electron chi connectivity index (χ4n) is 3.49. The minimum atomic E-state index is -4.55. The van der Waals surface area contributed by atoms with E-state index in [4.69, 9.17) is 0 Å². The summed E-state index contributed by atoms with van der Waals surface area (Å²) in [5.74, 6) is 0.318. The topological polar surface area (TPSA) is 58.0 Å². The molecule has 0 saturated carbocycles. The predicted molar refractivity (Wildman–Crippen MR) is 114 cm³/mol. The summed E-state index contributed by atoms with van der Waals surface area (Å²) >= 11 is 1.62. The normalized spacial score (nSPS) is 14.9. The van der Waals surface area contributed by atoms with Crippen LogP contribution in [0, 0.1) is 0 Å². The zero-order valence-corrected chi connectivity index (χ0v) is 17.1. The van der Waals surface area contributed by atoms with Crippen LogP contribution in [0.2, 0.25) is 0 Å². The number of hydrogen-bond donors (Lipinski definition) is 0. The van der Waals surface area contributed by atoms with Crippen LogP contribution >= 0.6 is 11.3 Å². The summed E-state index contributed by atoms with van der Waals surface area (Å²) in [5.41, 5.74) is 0.505. The molecule has 0 atom stereocenters. The molecule has 0 unspecified atom stereocenters. The van der Waals surface area contributed by atoms with Crippen LogP contribution in [0.4, 0.5) is 24.1 Å². The lowest BCUT2D eigenvalue weighted by atomic mass is 10.2. The summed E-state index contributed by atoms with van der Waals surface area (Å²) < 4.78 is 41.6. The first-order valence-electron chi connectivity index (χ1n) is 9.69. The van der Waals surface area contributed by atoms with Crippen molar-refractivity contribution in [1.82, 2.24) is 19.9 Å². The van der Waals surface area contributed by atoms with Crippen LogP contribution in [-0.2, 0) is 6.18 Å². The number of nitrogens with zero attached hydrogens (tertiary/aromatic N) is 6. The Morgan fingerprint density at radius 3 is 2.26 bits per heavy atom. The van der Waals surface area contributed by atoms with E-state index in [0.29, 0.717) is 31.7 Å². The molecule has 10 heteroatoms. The number of benzene rings is 1. The molecule has 1 aliphatic rings. The maximum absolute atomic E-state index is 13.5. The molecule has 0 radical (unpaired) electrons. The molecule has 6 nitrogen and oxygen atoms in total. The molecular formula is C21H17F3N6S. The third-order valence-electron chi connectivity index (χ3n) is 5.10. The monoisotopic (exact) mass is 442 g/mol. The molecule has 31 heavy (non-hydrogen) atoms. The highest BCUT2D eigenvalue weighted by atomic mass is 32.1. The van der Waals surface area contributed by atoms with Gasteiger partial charge in [-0.25, -0.2) is 15.0 Å². The zero-order valence-electron chi connectivity index (χ0n) is 16.3. The van der Waals surface area contributed by atoms with E-state index in [1.54, 1.807) is 23.5 Å². The molecule has 0 bridgehead atoms. The van der Waals surface area contributed by atoms with Gasteiger partial charge in [0.2, 0.25) is 0 Å². The van der Waals surface area contributed by atoms with E-state index >= 15 is 0 Å². The van der Waals surface area contributed by atoms with Crippen molar-refractivity contribution in [2.24, 2.45) is 0 Å². The predicted octanol–water partition coefficient (Wildman–Crippen LogP) is 4.49. The highest BCUT2D eigenvalue weighted by Gasteiger charge is 2.34. The maximum atomic E-state index is 13.5. The second kappa shape index (κ2) is 7.77. The maximum Gasteiger partial charge on any atom is 0.433 e. The Bertz CT molecular complexity index is 1170. The van der Waals surface area contributed by atoms with Crippen molar-refractivity contribution in [1.29, 1.82) is 0 Å². The van der Waals surface area contributed by atoms with Gasteiger partial charge in [-0.05, 0) is 24.3 Å². The molecule has 0 spiro atoms. The first-order valence-corrected chi connectivity index (χ1v) is 10.5. The Hall–Kier alpha value is -3.27. The second-order valence-corrected chi connectivity index (χ2v) is 8.12. The van der Waals surface area contributed by atoms with Gasteiger partial charge in [-0.3, -0.25) is 4.98 Å². The number of alkyl halides is 3. The number of anilines is 2. The van der Waals surface area contributed by atoms with Crippen LogP contribution < -0.4 is 9.80 Å². The van der Waals surface area contributed by atoms with Crippen LogP contribution in [-0.4, -0.2) is 46.1 Å². The summed E-state index contributed by atoms with van der Waals surface area (Å²) in [7, 11) is 0. The lowest BCUT2D eigenvalue weighted by Crippen LogP contribution is -2.47. The summed E-state index contributed by atoms with van der Waals surface area (Å²) in [4.78, 5) is 20.8. The van der Waals surface area contributed by atoms with Gasteiger partial charge in [0.1, 0.15) is 5.82 Å². The van der Waals surface area contributed by atoms with Crippen molar-refractivity contribution in [3.8, 4) is 11.4 Å². The second-order valence-electron chi connectivity index (χ2n) is 7.11. The lowest BCUT2D eigenvalue weighted by Gasteiger charge is -2.35. The van der Waals surface area contributed by atoms with Gasteiger partial charge in [0.05, 0.1) is 10.2 Å². The average Bonchev–Trinajstić information content (AvgIpc) is 3.23. The number of halogens is 3. The van der Waals surface area contributed by atoms with Crippen LogP contribution in [0.25, 0.3) is 21.6 Å². The Labute approximate surface area is 180 Å². The Morgan fingerprint density at radius 1 is 0.839 bits per heavy atom. The third kappa shape index (κ3) is 4.02. The highest BCUT2D eigenvalue weighted by Crippen LogP contribution is 2.33. The molecule has 1 aliphatic heterocycles. The number of para-hydroxylation sites is 1. The number of aromatic nitrogens is 4. The number of hydrogen-bond acceptors (Lipinski definition) is 7. The van der Waals surface area contributed by atoms with Crippen molar-refractivity contribution in [2.75, 3.05) is 36.0 Å². The standard InChI is InChI=1S/C21H17F3N6S/c22-21(23,24)17-13-18(28-19(27-17)14-5-7-25-8-6-14)29-9-11-30(12-10-29)20-26-15-3-1-2-4-16(15)31-20/h1-8,13H,9-12H2. The SMILES string of the molecule is FC(F)(F)c1cc(N2CCN(c3nc4ccccc4s3)CC2)nc(-c2ccncc2)n1. The number of piperazine rings is 1. The molecule has 3 aromatic heterocycles. The minimum absolute atomic E-state index is 0.0424. The zero-order chi connectivity index (χ0) is 21.4. The smallest absolute Gasteiger partial charge is 0.353 e. The van der Waals surface area contributed by atoms with Crippen LogP contribution in [0.1, 0.15) is 5.69 Å². The number of fused-ring (bicyclic) bond motifs is 1. The van der Waals surface area contributed by atoms with E-state index < -0.39 is 11.9 Å². The van der Waals surface area contributed by atoms with Gasteiger partial charge in [-0.2, -0.15) is 13.2 Å². The lowest BCUT2D eigenvalue weighted by molar-refractivity contribution is -0.141. The molecule has 4 aromatic rings. The van der Waals surface area contributed by atoms with Gasteiger partial charge >= 0.3 is 6.18 Å². The van der Waals surface area contributed by atoms with E-state index in [1.165, 1.54) is 12.4 Å². The van der Waals surface area contributed by atoms with Crippen molar-refractivity contribution >= 4 is 32.5 Å². The molecule has 0 amide bonds. The van der Waals surface area contributed by atoms with Gasteiger partial charge in [0.15, 0.2) is 16.6 Å². The summed E-state index contributed by atoms with van der Waals surface area (Å²) in [6, 6.07) is 12.2. The molecule has 1 saturated heterocycles. The van der Waals surface area contributed by atoms with E-state index in [-0.39, 0.29) is 11.6 Å². The average molecular weight is 442 g/mol. The van der Waals surface area contributed by atoms with Gasteiger partial charge in [0, 0.05) is 50.2 Å². The van der Waals surface area contributed by atoms with Crippen molar-refractivity contribution < 1.29 is 13.2 Å². The molecule has 0 N–H and O–H groups in total. The first-order chi connectivity index (χ1) is 15.0. The minimum Gasteiger partial charge on any atom is -0.353 e. The van der Waals surface area contributed by atoms with Crippen molar-refractivity contribution in [3.05, 3.63) is 60.6 Å². The number of thiazole rings is 1. The number of rotatable bonds is 3. The third-order valence-corrected chi connectivity index (χ3v) is 6.20. The van der Waals surface area contributed by atoms with E-state index in [2.05, 4.69) is 24.8 Å². The fraction of sp³-hybridized carbons (Fsp3) is 0.238. The Morgan fingerprint density at radius 2 is 1.55 bits per heavy atom. The van der Waals surface area contributed by atoms with Crippen LogP contribution in [0.5, 0.6) is 0 Å². The van der Waals surface area contributed by atoms with E-state index in [1.807, 2.05) is 29.2 Å². The number of pyridine rings is 1. The largest absolute Gasteiger partial charge is 0.433 e. The molecule has 158 valence electrons. The van der Waals surface area contributed by atoms with Gasteiger partial charge in [0.25, 0.3) is 0 Å². The van der Waals surface area contributed by atoms with E-state index in [0.717, 1.165) is 21.4 Å². The summed E-state index contributed by atoms with van der Waals surface area (Å²) in [5, 5.41) is 0.928. The molecular weight excluding hydrogens is 425 g/mol. The quantitative estimate of drug-likeness (QED) is 0.466. The molecule has 1 fully saturated rings. The van der Waals surface area contributed by atoms with Gasteiger partial charge < -0.3 is 9.80 Å². The Kier molecular flexibility index (Phi) is 4.93.